The number of aryl methyl sites for hydroxylation is 1. The lowest BCUT2D eigenvalue weighted by molar-refractivity contribution is -0.138. The molecule has 1 fully saturated rings. The molecule has 2 heterocycles. The third-order valence-electron chi connectivity index (χ3n) is 5.91. The molecule has 1 aromatic carbocycles. The van der Waals surface area contributed by atoms with Crippen molar-refractivity contribution in [2.24, 2.45) is 0 Å². The Bertz CT molecular complexity index is 794. The zero-order valence-electron chi connectivity index (χ0n) is 19.1. The molecule has 2 aliphatic heterocycles. The van der Waals surface area contributed by atoms with E-state index in [1.54, 1.807) is 32.1 Å². The van der Waals surface area contributed by atoms with Gasteiger partial charge in [0.15, 0.2) is 0 Å². The number of nitrogens with zero attached hydrogens (tertiary/aromatic N) is 1. The number of hydrogen-bond acceptors (Lipinski definition) is 6. The normalized spacial score (nSPS) is 23.3. The zero-order chi connectivity index (χ0) is 22.4. The zero-order valence-corrected chi connectivity index (χ0v) is 19.1. The largest absolute Gasteiger partial charge is 0.473 e. The average molecular weight is 434 g/mol. The summed E-state index contributed by atoms with van der Waals surface area (Å²) in [6.45, 7) is 6.71. The standard InChI is InChI=1S/C23H35N3O5/c1-16-12-20-19(13-18(16)21(27)25-17-8-7-9-24-14-17)26(10-5-6-11-29-3)22(28)23(2,31-20)15-30-4/h12-13,17,24H,5-11,14-15H2,1-4H3,(H,25,27)/t17-,23?/m1/s1. The third-order valence-corrected chi connectivity index (χ3v) is 5.91. The second-order valence-corrected chi connectivity index (χ2v) is 8.57. The summed E-state index contributed by atoms with van der Waals surface area (Å²) in [7, 11) is 3.22. The highest BCUT2D eigenvalue weighted by molar-refractivity contribution is 6.05. The second-order valence-electron chi connectivity index (χ2n) is 8.57. The average Bonchev–Trinajstić information content (AvgIpc) is 2.74. The maximum absolute atomic E-state index is 13.3. The Hall–Kier alpha value is -2.16. The van der Waals surface area contributed by atoms with Crippen molar-refractivity contribution >= 4 is 17.5 Å². The van der Waals surface area contributed by atoms with Gasteiger partial charge in [-0.1, -0.05) is 0 Å². The van der Waals surface area contributed by atoms with Gasteiger partial charge in [0.1, 0.15) is 5.75 Å². The maximum atomic E-state index is 13.3. The smallest absolute Gasteiger partial charge is 0.273 e. The minimum atomic E-state index is -1.10. The van der Waals surface area contributed by atoms with E-state index in [9.17, 15) is 9.59 Å². The summed E-state index contributed by atoms with van der Waals surface area (Å²) in [6.07, 6.45) is 3.63. The molecule has 8 nitrogen and oxygen atoms in total. The minimum Gasteiger partial charge on any atom is -0.473 e. The summed E-state index contributed by atoms with van der Waals surface area (Å²) < 4.78 is 16.5. The van der Waals surface area contributed by atoms with Gasteiger partial charge >= 0.3 is 0 Å². The molecule has 3 rings (SSSR count). The van der Waals surface area contributed by atoms with Crippen molar-refractivity contribution in [1.29, 1.82) is 0 Å². The lowest BCUT2D eigenvalue weighted by Crippen LogP contribution is -2.57. The predicted octanol–water partition coefficient (Wildman–Crippen LogP) is 2.03. The van der Waals surface area contributed by atoms with Crippen molar-refractivity contribution in [3.8, 4) is 5.75 Å². The van der Waals surface area contributed by atoms with Crippen molar-refractivity contribution in [3.63, 3.8) is 0 Å². The first kappa shape index (κ1) is 23.5. The van der Waals surface area contributed by atoms with Crippen LogP contribution < -0.4 is 20.3 Å². The van der Waals surface area contributed by atoms with E-state index < -0.39 is 5.60 Å². The number of hydrogen-bond donors (Lipinski definition) is 2. The van der Waals surface area contributed by atoms with Crippen LogP contribution in [0.25, 0.3) is 0 Å². The monoisotopic (exact) mass is 433 g/mol. The van der Waals surface area contributed by atoms with Gasteiger partial charge in [0, 0.05) is 45.5 Å². The van der Waals surface area contributed by atoms with Crippen LogP contribution in [0.3, 0.4) is 0 Å². The number of methoxy groups -OCH3 is 2. The Morgan fingerprint density at radius 1 is 1.32 bits per heavy atom. The van der Waals surface area contributed by atoms with E-state index >= 15 is 0 Å². The van der Waals surface area contributed by atoms with E-state index in [1.807, 2.05) is 13.0 Å². The van der Waals surface area contributed by atoms with Crippen LogP contribution in [0.1, 0.15) is 48.5 Å². The van der Waals surface area contributed by atoms with Crippen LogP contribution in [-0.2, 0) is 14.3 Å². The molecule has 0 radical (unpaired) electrons. The number of carbonyl (C=O) groups is 2. The van der Waals surface area contributed by atoms with Crippen LogP contribution in [0.2, 0.25) is 0 Å². The lowest BCUT2D eigenvalue weighted by atomic mass is 9.98. The number of unbranched alkanes of at least 4 members (excludes halogenated alkanes) is 1. The van der Waals surface area contributed by atoms with Crippen molar-refractivity contribution in [1.82, 2.24) is 10.6 Å². The number of carbonyl (C=O) groups excluding carboxylic acids is 2. The first-order chi connectivity index (χ1) is 14.9. The summed E-state index contributed by atoms with van der Waals surface area (Å²) in [5, 5.41) is 6.44. The molecule has 0 aromatic heterocycles. The first-order valence-electron chi connectivity index (χ1n) is 11.0. The van der Waals surface area contributed by atoms with Gasteiger partial charge in [-0.05, 0) is 63.8 Å². The Morgan fingerprint density at radius 3 is 2.81 bits per heavy atom. The van der Waals surface area contributed by atoms with Crippen molar-refractivity contribution in [3.05, 3.63) is 23.3 Å². The van der Waals surface area contributed by atoms with Gasteiger partial charge in [0.05, 0.1) is 12.3 Å². The quantitative estimate of drug-likeness (QED) is 0.580. The van der Waals surface area contributed by atoms with Gasteiger partial charge in [-0.2, -0.15) is 0 Å². The summed E-state index contributed by atoms with van der Waals surface area (Å²) in [5.74, 6) is 0.316. The van der Waals surface area contributed by atoms with Gasteiger partial charge in [-0.3, -0.25) is 9.59 Å². The van der Waals surface area contributed by atoms with E-state index in [2.05, 4.69) is 10.6 Å². The Balaban J connectivity index is 1.89. The summed E-state index contributed by atoms with van der Waals surface area (Å²) in [4.78, 5) is 28.1. The highest BCUT2D eigenvalue weighted by Crippen LogP contribution is 2.40. The Labute approximate surface area is 184 Å². The predicted molar refractivity (Wildman–Crippen MR) is 119 cm³/mol. The molecule has 2 amide bonds. The van der Waals surface area contributed by atoms with Gasteiger partial charge in [-0.25, -0.2) is 0 Å². The molecule has 0 saturated carbocycles. The third kappa shape index (κ3) is 5.37. The molecule has 0 bridgehead atoms. The Morgan fingerprint density at radius 2 is 2.13 bits per heavy atom. The van der Waals surface area contributed by atoms with E-state index in [4.69, 9.17) is 14.2 Å². The van der Waals surface area contributed by atoms with Crippen molar-refractivity contribution in [2.75, 3.05) is 52.0 Å². The lowest BCUT2D eigenvalue weighted by Gasteiger charge is -2.40. The molecule has 1 saturated heterocycles. The summed E-state index contributed by atoms with van der Waals surface area (Å²) >= 11 is 0. The fourth-order valence-corrected chi connectivity index (χ4v) is 4.23. The van der Waals surface area contributed by atoms with Crippen LogP contribution in [0, 0.1) is 6.92 Å². The van der Waals surface area contributed by atoms with Gasteiger partial charge < -0.3 is 29.7 Å². The molecule has 31 heavy (non-hydrogen) atoms. The molecule has 1 aromatic rings. The Kier molecular flexibility index (Phi) is 7.91. The van der Waals surface area contributed by atoms with Crippen LogP contribution in [0.4, 0.5) is 5.69 Å². The fourth-order valence-electron chi connectivity index (χ4n) is 4.23. The van der Waals surface area contributed by atoms with E-state index in [1.165, 1.54) is 0 Å². The molecule has 0 spiro atoms. The van der Waals surface area contributed by atoms with Crippen LogP contribution in [-0.4, -0.2) is 70.5 Å². The molecule has 8 heteroatoms. The second kappa shape index (κ2) is 10.4. The van der Waals surface area contributed by atoms with Crippen LogP contribution in [0.5, 0.6) is 5.75 Å². The number of nitrogens with one attached hydrogen (secondary N) is 2. The molecule has 0 aliphatic carbocycles. The highest BCUT2D eigenvalue weighted by Gasteiger charge is 2.45. The topological polar surface area (TPSA) is 89.1 Å². The fraction of sp³-hybridized carbons (Fsp3) is 0.652. The number of piperidine rings is 1. The van der Waals surface area contributed by atoms with Crippen LogP contribution >= 0.6 is 0 Å². The van der Waals surface area contributed by atoms with E-state index in [-0.39, 0.29) is 24.5 Å². The number of fused-ring (bicyclic) bond motifs is 1. The summed E-state index contributed by atoms with van der Waals surface area (Å²) in [6, 6.07) is 3.76. The molecular formula is C23H35N3O5. The van der Waals surface area contributed by atoms with Crippen molar-refractivity contribution in [2.45, 2.75) is 51.2 Å². The van der Waals surface area contributed by atoms with E-state index in [0.29, 0.717) is 30.2 Å². The molecule has 2 N–H and O–H groups in total. The van der Waals surface area contributed by atoms with Crippen molar-refractivity contribution < 1.29 is 23.8 Å². The van der Waals surface area contributed by atoms with E-state index in [0.717, 1.165) is 44.3 Å². The molecule has 2 atom stereocenters. The SMILES string of the molecule is COCCCCN1C(=O)C(C)(COC)Oc2cc(C)c(C(=O)N[C@@H]3CCCNC3)cc21. The minimum absolute atomic E-state index is 0.115. The number of anilines is 1. The molecule has 1 unspecified atom stereocenters. The molecular weight excluding hydrogens is 398 g/mol. The molecule has 2 aliphatic rings. The molecule has 172 valence electrons. The van der Waals surface area contributed by atoms with Gasteiger partial charge in [-0.15, -0.1) is 0 Å². The first-order valence-corrected chi connectivity index (χ1v) is 11.0. The number of benzene rings is 1. The summed E-state index contributed by atoms with van der Waals surface area (Å²) in [5.41, 5.74) is 0.910. The van der Waals surface area contributed by atoms with Gasteiger partial charge in [0.25, 0.3) is 11.8 Å². The number of amides is 2. The highest BCUT2D eigenvalue weighted by atomic mass is 16.5. The maximum Gasteiger partial charge on any atom is 0.273 e. The number of ether oxygens (including phenoxy) is 3. The van der Waals surface area contributed by atoms with Crippen LogP contribution in [0.15, 0.2) is 12.1 Å². The number of rotatable bonds is 9. The van der Waals surface area contributed by atoms with Gasteiger partial charge in [0.2, 0.25) is 5.60 Å².